The summed E-state index contributed by atoms with van der Waals surface area (Å²) in [6.07, 6.45) is 4.23. The van der Waals surface area contributed by atoms with Crippen LogP contribution in [0.15, 0.2) is 66.0 Å². The van der Waals surface area contributed by atoms with Crippen molar-refractivity contribution in [2.45, 2.75) is 46.0 Å². The van der Waals surface area contributed by atoms with Gasteiger partial charge in [0.05, 0.1) is 12.1 Å². The number of nitrogens with zero attached hydrogens (tertiary/aromatic N) is 1. The highest BCUT2D eigenvalue weighted by molar-refractivity contribution is 6.04. The van der Waals surface area contributed by atoms with E-state index in [2.05, 4.69) is 61.4 Å². The third-order valence-corrected chi connectivity index (χ3v) is 6.30. The second-order valence-corrected chi connectivity index (χ2v) is 9.41. The molecule has 1 aliphatic heterocycles. The number of ether oxygens (including phenoxy) is 1. The number of ketones is 1. The standard InChI is InChI=1S/C27H28N2O2/c1-4-14-31-18-9-7-17(8-10-18)24-25-19-6-5-13-28-20(19)11-12-21(25)29-22-15-27(2,3)16-23(30)26(22)24/h5-13,24,29H,4,14-16H2,1-3H3. The SMILES string of the molecule is CCCOc1ccc(C2C3=C(CC(C)(C)CC3=O)Nc3ccc4ncccc4c32)cc1. The molecule has 1 N–H and O–H groups in total. The topological polar surface area (TPSA) is 51.2 Å². The van der Waals surface area contributed by atoms with Crippen molar-refractivity contribution < 1.29 is 9.53 Å². The van der Waals surface area contributed by atoms with E-state index in [4.69, 9.17) is 4.74 Å². The maximum absolute atomic E-state index is 13.4. The first-order valence-electron chi connectivity index (χ1n) is 11.1. The molecule has 0 amide bonds. The highest BCUT2D eigenvalue weighted by Gasteiger charge is 2.41. The van der Waals surface area contributed by atoms with Gasteiger partial charge in [0.25, 0.3) is 0 Å². The first kappa shape index (κ1) is 19.8. The summed E-state index contributed by atoms with van der Waals surface area (Å²) in [4.78, 5) is 18.0. The van der Waals surface area contributed by atoms with Crippen molar-refractivity contribution >= 4 is 22.4 Å². The first-order chi connectivity index (χ1) is 15.0. The van der Waals surface area contributed by atoms with E-state index < -0.39 is 0 Å². The number of pyridine rings is 1. The van der Waals surface area contributed by atoms with E-state index in [1.54, 1.807) is 0 Å². The van der Waals surface area contributed by atoms with Crippen molar-refractivity contribution in [1.29, 1.82) is 0 Å². The average molecular weight is 413 g/mol. The van der Waals surface area contributed by atoms with E-state index in [0.29, 0.717) is 13.0 Å². The number of carbonyl (C=O) groups excluding carboxylic acids is 1. The van der Waals surface area contributed by atoms with Crippen molar-refractivity contribution in [1.82, 2.24) is 4.98 Å². The monoisotopic (exact) mass is 412 g/mol. The van der Waals surface area contributed by atoms with Crippen LogP contribution in [-0.2, 0) is 4.79 Å². The maximum Gasteiger partial charge on any atom is 0.162 e. The molecule has 0 saturated carbocycles. The van der Waals surface area contributed by atoms with Gasteiger partial charge >= 0.3 is 0 Å². The molecule has 2 aromatic carbocycles. The van der Waals surface area contributed by atoms with Crippen molar-refractivity contribution in [2.24, 2.45) is 5.41 Å². The quantitative estimate of drug-likeness (QED) is 0.552. The van der Waals surface area contributed by atoms with Gasteiger partial charge < -0.3 is 10.1 Å². The highest BCUT2D eigenvalue weighted by atomic mass is 16.5. The number of nitrogens with one attached hydrogen (secondary N) is 1. The lowest BCUT2D eigenvalue weighted by Crippen LogP contribution is -2.33. The van der Waals surface area contributed by atoms with Crippen LogP contribution in [0.25, 0.3) is 10.9 Å². The molecule has 4 heteroatoms. The summed E-state index contributed by atoms with van der Waals surface area (Å²) >= 11 is 0. The minimum atomic E-state index is -0.108. The molecule has 0 bridgehead atoms. The van der Waals surface area contributed by atoms with Crippen LogP contribution in [0.3, 0.4) is 0 Å². The molecular formula is C27H28N2O2. The minimum absolute atomic E-state index is 0.0405. The normalized spacial score (nSPS) is 19.6. The number of carbonyl (C=O) groups is 1. The lowest BCUT2D eigenvalue weighted by atomic mass is 9.68. The van der Waals surface area contributed by atoms with Gasteiger partial charge in [-0.2, -0.15) is 0 Å². The number of benzene rings is 2. The molecule has 0 saturated heterocycles. The molecule has 2 heterocycles. The lowest BCUT2D eigenvalue weighted by Gasteiger charge is -2.40. The zero-order valence-electron chi connectivity index (χ0n) is 18.4. The second kappa shape index (κ2) is 7.52. The third-order valence-electron chi connectivity index (χ3n) is 6.30. The number of rotatable bonds is 4. The Hall–Kier alpha value is -3.14. The number of fused-ring (bicyclic) bond motifs is 3. The Morgan fingerprint density at radius 3 is 2.68 bits per heavy atom. The van der Waals surface area contributed by atoms with E-state index in [1.165, 1.54) is 0 Å². The molecule has 1 atom stereocenters. The molecule has 0 radical (unpaired) electrons. The minimum Gasteiger partial charge on any atom is -0.494 e. The van der Waals surface area contributed by atoms with Crippen molar-refractivity contribution in [2.75, 3.05) is 11.9 Å². The summed E-state index contributed by atoms with van der Waals surface area (Å²) in [5, 5.41) is 4.71. The number of anilines is 1. The first-order valence-corrected chi connectivity index (χ1v) is 11.1. The van der Waals surface area contributed by atoms with Gasteiger partial charge in [0.2, 0.25) is 0 Å². The molecule has 0 spiro atoms. The second-order valence-electron chi connectivity index (χ2n) is 9.41. The summed E-state index contributed by atoms with van der Waals surface area (Å²) in [5.41, 5.74) is 6.20. The van der Waals surface area contributed by atoms with Gasteiger partial charge in [0, 0.05) is 40.9 Å². The van der Waals surface area contributed by atoms with Crippen LogP contribution in [0.2, 0.25) is 0 Å². The number of Topliss-reactive ketones (excluding diaryl/α,β-unsaturated/α-hetero) is 1. The van der Waals surface area contributed by atoms with Crippen LogP contribution in [0.5, 0.6) is 5.75 Å². The predicted octanol–water partition coefficient (Wildman–Crippen LogP) is 6.22. The Balaban J connectivity index is 1.70. The smallest absolute Gasteiger partial charge is 0.162 e. The fourth-order valence-electron chi connectivity index (χ4n) is 4.99. The van der Waals surface area contributed by atoms with Gasteiger partial charge in [0.15, 0.2) is 5.78 Å². The Morgan fingerprint density at radius 2 is 1.90 bits per heavy atom. The fraction of sp³-hybridized carbons (Fsp3) is 0.333. The van der Waals surface area contributed by atoms with Crippen molar-refractivity contribution in [3.8, 4) is 5.75 Å². The Bertz CT molecular complexity index is 1190. The van der Waals surface area contributed by atoms with E-state index in [0.717, 1.165) is 57.6 Å². The summed E-state index contributed by atoms with van der Waals surface area (Å²) in [6, 6.07) is 16.5. The molecule has 3 aromatic rings. The summed E-state index contributed by atoms with van der Waals surface area (Å²) in [5.74, 6) is 0.995. The van der Waals surface area contributed by atoms with Crippen LogP contribution in [0, 0.1) is 5.41 Å². The van der Waals surface area contributed by atoms with E-state index in [1.807, 2.05) is 24.4 Å². The zero-order chi connectivity index (χ0) is 21.6. The van der Waals surface area contributed by atoms with Gasteiger partial charge in [0.1, 0.15) is 5.75 Å². The number of aromatic nitrogens is 1. The van der Waals surface area contributed by atoms with Crippen LogP contribution >= 0.6 is 0 Å². The van der Waals surface area contributed by atoms with Gasteiger partial charge in [-0.3, -0.25) is 9.78 Å². The highest BCUT2D eigenvalue weighted by Crippen LogP contribution is 2.50. The molecule has 1 aromatic heterocycles. The summed E-state index contributed by atoms with van der Waals surface area (Å²) in [7, 11) is 0. The Morgan fingerprint density at radius 1 is 1.10 bits per heavy atom. The maximum atomic E-state index is 13.4. The van der Waals surface area contributed by atoms with Gasteiger partial charge in [-0.05, 0) is 59.7 Å². The molecule has 5 rings (SSSR count). The zero-order valence-corrected chi connectivity index (χ0v) is 18.4. The van der Waals surface area contributed by atoms with Crippen molar-refractivity contribution in [3.63, 3.8) is 0 Å². The Kier molecular flexibility index (Phi) is 4.81. The fourth-order valence-corrected chi connectivity index (χ4v) is 4.99. The molecular weight excluding hydrogens is 384 g/mol. The van der Waals surface area contributed by atoms with Crippen molar-refractivity contribution in [3.05, 3.63) is 77.1 Å². The predicted molar refractivity (Wildman–Crippen MR) is 124 cm³/mol. The molecule has 0 fully saturated rings. The summed E-state index contributed by atoms with van der Waals surface area (Å²) < 4.78 is 5.79. The lowest BCUT2D eigenvalue weighted by molar-refractivity contribution is -0.118. The average Bonchev–Trinajstić information content (AvgIpc) is 2.75. The molecule has 31 heavy (non-hydrogen) atoms. The van der Waals surface area contributed by atoms with Gasteiger partial charge in [-0.25, -0.2) is 0 Å². The van der Waals surface area contributed by atoms with Crippen LogP contribution in [0.4, 0.5) is 5.69 Å². The number of allylic oxidation sites excluding steroid dienone is 2. The van der Waals surface area contributed by atoms with Crippen LogP contribution in [0.1, 0.15) is 57.1 Å². The summed E-state index contributed by atoms with van der Waals surface area (Å²) in [6.45, 7) is 7.15. The van der Waals surface area contributed by atoms with E-state index in [9.17, 15) is 4.79 Å². The molecule has 158 valence electrons. The molecule has 1 unspecified atom stereocenters. The van der Waals surface area contributed by atoms with Crippen LogP contribution in [-0.4, -0.2) is 17.4 Å². The Labute approximate surface area is 183 Å². The largest absolute Gasteiger partial charge is 0.494 e. The van der Waals surface area contributed by atoms with Gasteiger partial charge in [-0.1, -0.05) is 39.0 Å². The molecule has 1 aliphatic carbocycles. The van der Waals surface area contributed by atoms with E-state index >= 15 is 0 Å². The number of hydrogen-bond donors (Lipinski definition) is 1. The molecule has 4 nitrogen and oxygen atoms in total. The van der Waals surface area contributed by atoms with Crippen LogP contribution < -0.4 is 10.1 Å². The number of hydrogen-bond acceptors (Lipinski definition) is 4. The van der Waals surface area contributed by atoms with Gasteiger partial charge in [-0.15, -0.1) is 0 Å². The molecule has 2 aliphatic rings. The third kappa shape index (κ3) is 3.50. The van der Waals surface area contributed by atoms with E-state index in [-0.39, 0.29) is 17.1 Å².